The lowest BCUT2D eigenvalue weighted by Crippen LogP contribution is -2.47. The Hall–Kier alpha value is -2.15. The van der Waals surface area contributed by atoms with Gasteiger partial charge in [0.15, 0.2) is 0 Å². The molecule has 0 bridgehead atoms. The van der Waals surface area contributed by atoms with Crippen LogP contribution in [0.1, 0.15) is 44.5 Å². The van der Waals surface area contributed by atoms with E-state index in [2.05, 4.69) is 94.2 Å². The molecule has 0 aliphatic carbocycles. The number of hydrogen-bond donors (Lipinski definition) is 0. The fraction of sp³-hybridized carbons (Fsp3) is 0.500. The molecule has 172 valence electrons. The smallest absolute Gasteiger partial charge is 0.137 e. The molecule has 0 atom stereocenters. The first-order valence-corrected chi connectivity index (χ1v) is 12.9. The number of aryl methyl sites for hydroxylation is 1. The van der Waals surface area contributed by atoms with Gasteiger partial charge in [-0.15, -0.1) is 0 Å². The zero-order valence-electron chi connectivity index (χ0n) is 20.0. The summed E-state index contributed by atoms with van der Waals surface area (Å²) in [4.78, 5) is 7.69. The number of para-hydroxylation sites is 1. The number of aromatic nitrogens is 2. The second-order valence-corrected chi connectivity index (χ2v) is 9.68. The first-order chi connectivity index (χ1) is 15.6. The van der Waals surface area contributed by atoms with E-state index in [1.807, 2.05) is 0 Å². The van der Waals surface area contributed by atoms with E-state index in [1.54, 1.807) is 11.3 Å². The summed E-state index contributed by atoms with van der Waals surface area (Å²) in [6, 6.07) is 13.4. The molecule has 1 aliphatic heterocycles. The number of likely N-dealkylation sites (N-methyl/N-ethyl adjacent to an activating group) is 1. The van der Waals surface area contributed by atoms with Crippen molar-refractivity contribution in [2.45, 2.75) is 53.2 Å². The van der Waals surface area contributed by atoms with E-state index >= 15 is 0 Å². The Morgan fingerprint density at radius 3 is 2.34 bits per heavy atom. The zero-order chi connectivity index (χ0) is 22.5. The lowest BCUT2D eigenvalue weighted by atomic mass is 10.1. The largest absolute Gasteiger partial charge is 0.354 e. The zero-order valence-corrected chi connectivity index (χ0v) is 20.8. The maximum Gasteiger partial charge on any atom is 0.137 e. The van der Waals surface area contributed by atoms with Gasteiger partial charge in [0.05, 0.1) is 11.4 Å². The average molecular weight is 452 g/mol. The van der Waals surface area contributed by atoms with Gasteiger partial charge in [0.2, 0.25) is 0 Å². The van der Waals surface area contributed by atoms with E-state index in [0.717, 1.165) is 57.9 Å². The number of piperazine rings is 1. The first-order valence-electron chi connectivity index (χ1n) is 12.0. The van der Waals surface area contributed by atoms with Crippen molar-refractivity contribution in [3.8, 4) is 5.69 Å². The number of hydrogen-bond acceptors (Lipinski definition) is 5. The van der Waals surface area contributed by atoms with Gasteiger partial charge in [-0.25, -0.2) is 4.68 Å². The molecule has 0 unspecified atom stereocenters. The standard InChI is InChI=1S/C26H37N5S/c1-5-25-24(19-30(21(3)4)18-22-12-17-32-20-22)26(29-15-13-28(6-2)14-16-29)31(27-25)23-10-8-7-9-11-23/h7-12,17,20-21H,5-6,13-16,18-19H2,1-4H3. The van der Waals surface area contributed by atoms with Crippen LogP contribution in [0.2, 0.25) is 0 Å². The normalized spacial score (nSPS) is 15.2. The van der Waals surface area contributed by atoms with Gasteiger partial charge < -0.3 is 9.80 Å². The third-order valence-electron chi connectivity index (χ3n) is 6.55. The minimum absolute atomic E-state index is 0.462. The molecule has 0 radical (unpaired) electrons. The van der Waals surface area contributed by atoms with Crippen molar-refractivity contribution < 1.29 is 0 Å². The summed E-state index contributed by atoms with van der Waals surface area (Å²) in [5.74, 6) is 1.29. The van der Waals surface area contributed by atoms with Crippen molar-refractivity contribution in [2.24, 2.45) is 0 Å². The SMILES string of the molecule is CCc1nn(-c2ccccc2)c(N2CCN(CC)CC2)c1CN(Cc1ccsc1)C(C)C. The fourth-order valence-electron chi connectivity index (χ4n) is 4.52. The highest BCUT2D eigenvalue weighted by Crippen LogP contribution is 2.31. The van der Waals surface area contributed by atoms with Gasteiger partial charge >= 0.3 is 0 Å². The fourth-order valence-corrected chi connectivity index (χ4v) is 5.18. The molecule has 6 heteroatoms. The lowest BCUT2D eigenvalue weighted by Gasteiger charge is -2.36. The van der Waals surface area contributed by atoms with Crippen LogP contribution in [0.4, 0.5) is 5.82 Å². The highest BCUT2D eigenvalue weighted by atomic mass is 32.1. The molecular weight excluding hydrogens is 414 g/mol. The van der Waals surface area contributed by atoms with Crippen LogP contribution in [0.25, 0.3) is 5.69 Å². The van der Waals surface area contributed by atoms with E-state index < -0.39 is 0 Å². The second-order valence-electron chi connectivity index (χ2n) is 8.90. The Kier molecular flexibility index (Phi) is 7.66. The predicted octanol–water partition coefficient (Wildman–Crippen LogP) is 5.05. The van der Waals surface area contributed by atoms with Crippen molar-refractivity contribution in [3.63, 3.8) is 0 Å². The van der Waals surface area contributed by atoms with Crippen molar-refractivity contribution in [1.82, 2.24) is 19.6 Å². The molecule has 1 aliphatic rings. The van der Waals surface area contributed by atoms with Crippen LogP contribution in [0.5, 0.6) is 0 Å². The summed E-state index contributed by atoms with van der Waals surface area (Å²) in [5.41, 5.74) is 5.16. The topological polar surface area (TPSA) is 27.5 Å². The van der Waals surface area contributed by atoms with Crippen LogP contribution in [-0.2, 0) is 19.5 Å². The number of rotatable bonds is 9. The highest BCUT2D eigenvalue weighted by molar-refractivity contribution is 7.07. The van der Waals surface area contributed by atoms with Gasteiger partial charge in [-0.3, -0.25) is 4.90 Å². The molecule has 2 aromatic heterocycles. The van der Waals surface area contributed by atoms with Crippen LogP contribution in [0.15, 0.2) is 47.2 Å². The van der Waals surface area contributed by atoms with Crippen LogP contribution < -0.4 is 4.90 Å². The quantitative estimate of drug-likeness (QED) is 0.455. The van der Waals surface area contributed by atoms with Crippen LogP contribution in [-0.4, -0.2) is 58.3 Å². The van der Waals surface area contributed by atoms with Crippen LogP contribution >= 0.6 is 11.3 Å². The van der Waals surface area contributed by atoms with Crippen molar-refractivity contribution in [1.29, 1.82) is 0 Å². The van der Waals surface area contributed by atoms with Crippen LogP contribution in [0.3, 0.4) is 0 Å². The van der Waals surface area contributed by atoms with E-state index in [1.165, 1.54) is 22.6 Å². The van der Waals surface area contributed by atoms with Crippen LogP contribution in [0, 0.1) is 0 Å². The summed E-state index contributed by atoms with van der Waals surface area (Å²) in [5, 5.41) is 9.61. The third kappa shape index (κ3) is 5.08. The average Bonchev–Trinajstić information content (AvgIpc) is 3.47. The molecule has 0 spiro atoms. The number of benzene rings is 1. The Labute approximate surface area is 197 Å². The number of anilines is 1. The maximum atomic E-state index is 5.16. The Bertz CT molecular complexity index is 956. The minimum Gasteiger partial charge on any atom is -0.354 e. The summed E-state index contributed by atoms with van der Waals surface area (Å²) in [6.45, 7) is 16.5. The lowest BCUT2D eigenvalue weighted by molar-refractivity contribution is 0.203. The van der Waals surface area contributed by atoms with E-state index in [9.17, 15) is 0 Å². The molecule has 0 saturated carbocycles. The molecule has 3 aromatic rings. The van der Waals surface area contributed by atoms with Gasteiger partial charge in [-0.05, 0) is 61.3 Å². The molecule has 5 nitrogen and oxygen atoms in total. The summed E-state index contributed by atoms with van der Waals surface area (Å²) < 4.78 is 2.21. The number of thiophene rings is 1. The van der Waals surface area contributed by atoms with Gasteiger partial charge in [-0.1, -0.05) is 32.0 Å². The summed E-state index contributed by atoms with van der Waals surface area (Å²) >= 11 is 1.78. The van der Waals surface area contributed by atoms with Gasteiger partial charge in [0.25, 0.3) is 0 Å². The molecular formula is C26H37N5S. The van der Waals surface area contributed by atoms with Gasteiger partial charge in [-0.2, -0.15) is 16.4 Å². The Balaban J connectivity index is 1.73. The highest BCUT2D eigenvalue weighted by Gasteiger charge is 2.27. The second kappa shape index (κ2) is 10.6. The van der Waals surface area contributed by atoms with Gasteiger partial charge in [0.1, 0.15) is 5.82 Å². The molecule has 1 fully saturated rings. The van der Waals surface area contributed by atoms with Crippen molar-refractivity contribution in [2.75, 3.05) is 37.6 Å². The molecule has 4 rings (SSSR count). The summed E-state index contributed by atoms with van der Waals surface area (Å²) in [6.07, 6.45) is 0.946. The minimum atomic E-state index is 0.462. The molecule has 3 heterocycles. The Morgan fingerprint density at radius 1 is 1.00 bits per heavy atom. The maximum absolute atomic E-state index is 5.16. The molecule has 0 amide bonds. The molecule has 1 aromatic carbocycles. The van der Waals surface area contributed by atoms with E-state index in [-0.39, 0.29) is 0 Å². The van der Waals surface area contributed by atoms with Gasteiger partial charge in [0, 0.05) is 50.9 Å². The summed E-state index contributed by atoms with van der Waals surface area (Å²) in [7, 11) is 0. The Morgan fingerprint density at radius 2 is 1.75 bits per heavy atom. The number of nitrogens with zero attached hydrogens (tertiary/aromatic N) is 5. The van der Waals surface area contributed by atoms with Crippen molar-refractivity contribution >= 4 is 17.2 Å². The molecule has 0 N–H and O–H groups in total. The first kappa shape index (κ1) is 23.0. The third-order valence-corrected chi connectivity index (χ3v) is 7.28. The monoisotopic (exact) mass is 451 g/mol. The van der Waals surface area contributed by atoms with E-state index in [4.69, 9.17) is 5.10 Å². The van der Waals surface area contributed by atoms with E-state index in [0.29, 0.717) is 6.04 Å². The molecule has 1 saturated heterocycles. The predicted molar refractivity (Wildman–Crippen MR) is 136 cm³/mol. The molecule has 32 heavy (non-hydrogen) atoms. The van der Waals surface area contributed by atoms with Crippen molar-refractivity contribution in [3.05, 3.63) is 64.0 Å².